The number of nitrogens with one attached hydrogen (secondary N) is 1. The molecule has 0 radical (unpaired) electrons. The number of aromatic nitrogens is 2. The molecule has 0 amide bonds. The van der Waals surface area contributed by atoms with E-state index < -0.39 is 0 Å². The molecule has 0 bridgehead atoms. The number of anilines is 1. The van der Waals surface area contributed by atoms with Crippen molar-refractivity contribution in [3.05, 3.63) is 5.82 Å². The Morgan fingerprint density at radius 1 is 1.43 bits per heavy atom. The van der Waals surface area contributed by atoms with Crippen molar-refractivity contribution in [3.8, 4) is 0 Å². The Balaban J connectivity index is 1.94. The van der Waals surface area contributed by atoms with Crippen LogP contribution in [0.2, 0.25) is 0 Å². The molecule has 3 nitrogen and oxygen atoms in total. The fourth-order valence-corrected chi connectivity index (χ4v) is 2.09. The van der Waals surface area contributed by atoms with Gasteiger partial charge in [0.05, 0.1) is 0 Å². The van der Waals surface area contributed by atoms with Crippen molar-refractivity contribution in [3.63, 3.8) is 0 Å². The second kappa shape index (κ2) is 3.50. The molecule has 4 heteroatoms. The highest BCUT2D eigenvalue weighted by atomic mass is 32.1. The van der Waals surface area contributed by atoms with Crippen LogP contribution in [0.25, 0.3) is 0 Å². The van der Waals surface area contributed by atoms with E-state index in [9.17, 15) is 0 Å². The van der Waals surface area contributed by atoms with Gasteiger partial charge in [0.2, 0.25) is 5.13 Å². The zero-order valence-corrected chi connectivity index (χ0v) is 9.82. The predicted octanol–water partition coefficient (Wildman–Crippen LogP) is 2.70. The number of rotatable bonds is 3. The van der Waals surface area contributed by atoms with Crippen LogP contribution in [-0.2, 0) is 6.42 Å². The van der Waals surface area contributed by atoms with Gasteiger partial charge in [0.25, 0.3) is 0 Å². The predicted molar refractivity (Wildman–Crippen MR) is 59.7 cm³/mol. The minimum atomic E-state index is 0.0797. The lowest BCUT2D eigenvalue weighted by atomic mass is 10.1. The van der Waals surface area contributed by atoms with Gasteiger partial charge in [0.15, 0.2) is 0 Å². The van der Waals surface area contributed by atoms with E-state index in [1.54, 1.807) is 0 Å². The lowest BCUT2D eigenvalue weighted by Crippen LogP contribution is -2.25. The maximum Gasteiger partial charge on any atom is 0.202 e. The largest absolute Gasteiger partial charge is 0.356 e. The SMILES string of the molecule is CC(C)(C)Nc1nc(CC2CC2)ns1. The molecule has 1 N–H and O–H groups in total. The van der Waals surface area contributed by atoms with Gasteiger partial charge < -0.3 is 5.32 Å². The molecule has 1 saturated carbocycles. The first-order chi connectivity index (χ1) is 6.53. The van der Waals surface area contributed by atoms with Gasteiger partial charge in [0, 0.05) is 23.5 Å². The van der Waals surface area contributed by atoms with Crippen molar-refractivity contribution in [1.29, 1.82) is 0 Å². The highest BCUT2D eigenvalue weighted by molar-refractivity contribution is 7.09. The standard InChI is InChI=1S/C10H17N3S/c1-10(2,3)12-9-11-8(13-14-9)6-7-4-5-7/h7H,4-6H2,1-3H3,(H,11,12,13). The average Bonchev–Trinajstić information content (AvgIpc) is 2.71. The van der Waals surface area contributed by atoms with E-state index >= 15 is 0 Å². The molecule has 1 aromatic heterocycles. The Kier molecular flexibility index (Phi) is 2.47. The minimum Gasteiger partial charge on any atom is -0.356 e. The normalized spacial score (nSPS) is 17.1. The van der Waals surface area contributed by atoms with E-state index in [1.807, 2.05) is 0 Å². The Morgan fingerprint density at radius 3 is 2.71 bits per heavy atom. The van der Waals surface area contributed by atoms with E-state index in [1.165, 1.54) is 24.4 Å². The third kappa shape index (κ3) is 2.94. The maximum atomic E-state index is 4.47. The van der Waals surface area contributed by atoms with Crippen LogP contribution in [0, 0.1) is 5.92 Å². The summed E-state index contributed by atoms with van der Waals surface area (Å²) in [5.41, 5.74) is 0.0797. The summed E-state index contributed by atoms with van der Waals surface area (Å²) in [6.07, 6.45) is 3.80. The van der Waals surface area contributed by atoms with Crippen LogP contribution in [-0.4, -0.2) is 14.9 Å². The monoisotopic (exact) mass is 211 g/mol. The van der Waals surface area contributed by atoms with Gasteiger partial charge >= 0.3 is 0 Å². The third-order valence-electron chi connectivity index (χ3n) is 2.12. The quantitative estimate of drug-likeness (QED) is 0.835. The van der Waals surface area contributed by atoms with Crippen LogP contribution in [0.15, 0.2) is 0 Å². The van der Waals surface area contributed by atoms with Gasteiger partial charge in [-0.25, -0.2) is 4.98 Å². The van der Waals surface area contributed by atoms with Crippen molar-refractivity contribution in [2.24, 2.45) is 5.92 Å². The summed E-state index contributed by atoms with van der Waals surface area (Å²) in [4.78, 5) is 4.47. The van der Waals surface area contributed by atoms with Crippen molar-refractivity contribution in [1.82, 2.24) is 9.36 Å². The van der Waals surface area contributed by atoms with Crippen LogP contribution < -0.4 is 5.32 Å². The number of hydrogen-bond donors (Lipinski definition) is 1. The number of nitrogens with zero attached hydrogens (tertiary/aromatic N) is 2. The van der Waals surface area contributed by atoms with E-state index in [2.05, 4.69) is 35.4 Å². The molecule has 78 valence electrons. The van der Waals surface area contributed by atoms with E-state index in [0.717, 1.165) is 23.3 Å². The summed E-state index contributed by atoms with van der Waals surface area (Å²) < 4.78 is 4.35. The average molecular weight is 211 g/mol. The van der Waals surface area contributed by atoms with E-state index in [0.29, 0.717) is 0 Å². The Morgan fingerprint density at radius 2 is 2.14 bits per heavy atom. The highest BCUT2D eigenvalue weighted by Gasteiger charge is 2.23. The first-order valence-electron chi connectivity index (χ1n) is 5.14. The summed E-state index contributed by atoms with van der Waals surface area (Å²) in [7, 11) is 0. The fraction of sp³-hybridized carbons (Fsp3) is 0.800. The molecule has 0 atom stereocenters. The van der Waals surface area contributed by atoms with Crippen molar-refractivity contribution in [2.75, 3.05) is 5.32 Å². The molecule has 0 saturated heterocycles. The molecule has 0 aromatic carbocycles. The van der Waals surface area contributed by atoms with Crippen LogP contribution in [0.3, 0.4) is 0 Å². The van der Waals surface area contributed by atoms with Crippen molar-refractivity contribution < 1.29 is 0 Å². The van der Waals surface area contributed by atoms with Crippen LogP contribution in [0.5, 0.6) is 0 Å². The lowest BCUT2D eigenvalue weighted by molar-refractivity contribution is 0.632. The molecular formula is C10H17N3S. The second-order valence-corrected chi connectivity index (χ2v) is 5.79. The topological polar surface area (TPSA) is 37.8 Å². The zero-order valence-electron chi connectivity index (χ0n) is 9.00. The van der Waals surface area contributed by atoms with Crippen LogP contribution in [0.1, 0.15) is 39.4 Å². The summed E-state index contributed by atoms with van der Waals surface area (Å²) in [6, 6.07) is 0. The first-order valence-corrected chi connectivity index (χ1v) is 5.91. The number of hydrogen-bond acceptors (Lipinski definition) is 4. The van der Waals surface area contributed by atoms with Gasteiger partial charge in [-0.05, 0) is 39.5 Å². The minimum absolute atomic E-state index is 0.0797. The molecule has 0 spiro atoms. The summed E-state index contributed by atoms with van der Waals surface area (Å²) in [6.45, 7) is 6.40. The molecule has 0 unspecified atom stereocenters. The van der Waals surface area contributed by atoms with Gasteiger partial charge in [-0.2, -0.15) is 4.37 Å². The first kappa shape index (κ1) is 9.90. The van der Waals surface area contributed by atoms with E-state index in [-0.39, 0.29) is 5.54 Å². The van der Waals surface area contributed by atoms with Crippen LogP contribution in [0.4, 0.5) is 5.13 Å². The molecule has 1 aliphatic carbocycles. The van der Waals surface area contributed by atoms with Gasteiger partial charge in [0.1, 0.15) is 5.82 Å². The zero-order chi connectivity index (χ0) is 10.2. The van der Waals surface area contributed by atoms with E-state index in [4.69, 9.17) is 0 Å². The lowest BCUT2D eigenvalue weighted by Gasteiger charge is -2.18. The maximum absolute atomic E-state index is 4.47. The Hall–Kier alpha value is -0.640. The molecule has 1 fully saturated rings. The molecule has 1 heterocycles. The third-order valence-corrected chi connectivity index (χ3v) is 2.79. The molecule has 14 heavy (non-hydrogen) atoms. The molecule has 1 aromatic rings. The molecular weight excluding hydrogens is 194 g/mol. The molecule has 1 aliphatic rings. The summed E-state index contributed by atoms with van der Waals surface area (Å²) in [5, 5.41) is 4.29. The smallest absolute Gasteiger partial charge is 0.202 e. The molecule has 2 rings (SSSR count). The highest BCUT2D eigenvalue weighted by Crippen LogP contribution is 2.32. The van der Waals surface area contributed by atoms with Crippen LogP contribution >= 0.6 is 11.5 Å². The second-order valence-electron chi connectivity index (χ2n) is 5.04. The van der Waals surface area contributed by atoms with Gasteiger partial charge in [-0.1, -0.05) is 0 Å². The Labute approximate surface area is 89.1 Å². The van der Waals surface area contributed by atoms with Gasteiger partial charge in [-0.15, -0.1) is 0 Å². The van der Waals surface area contributed by atoms with Crippen molar-refractivity contribution in [2.45, 2.75) is 45.6 Å². The summed E-state index contributed by atoms with van der Waals surface area (Å²) in [5.74, 6) is 1.89. The fourth-order valence-electron chi connectivity index (χ4n) is 1.29. The van der Waals surface area contributed by atoms with Crippen molar-refractivity contribution >= 4 is 16.7 Å². The Bertz CT molecular complexity index is 309. The van der Waals surface area contributed by atoms with Gasteiger partial charge in [-0.3, -0.25) is 0 Å². The molecule has 0 aliphatic heterocycles. The summed E-state index contributed by atoms with van der Waals surface area (Å²) >= 11 is 1.47.